The molecule has 8 heteroatoms. The fraction of sp³-hybridized carbons (Fsp3) is 0.909. The number of carbonyl (C=O) groups is 2. The minimum Gasteiger partial charge on any atom is -0.379 e. The van der Waals surface area contributed by atoms with Gasteiger partial charge in [0.1, 0.15) is 13.2 Å². The highest BCUT2D eigenvalue weighted by Crippen LogP contribution is 2.02. The van der Waals surface area contributed by atoms with E-state index in [1.54, 1.807) is 0 Å². The number of carbonyl (C=O) groups excluding carboxylic acids is 2. The van der Waals surface area contributed by atoms with E-state index < -0.39 is 0 Å². The smallest absolute Gasteiger partial charge is 0.246 e. The molecule has 8 nitrogen and oxygen atoms in total. The van der Waals surface area contributed by atoms with Gasteiger partial charge in [0.2, 0.25) is 5.91 Å². The maximum absolute atomic E-state index is 11.6. The Morgan fingerprint density at radius 3 is 1.83 bits per heavy atom. The summed E-state index contributed by atoms with van der Waals surface area (Å²) in [5.74, 6) is -0.116. The Bertz CT molecular complexity index is 405. The van der Waals surface area contributed by atoms with E-state index in [1.165, 1.54) is 25.7 Å². The maximum atomic E-state index is 11.6. The van der Waals surface area contributed by atoms with Gasteiger partial charge in [-0.1, -0.05) is 46.5 Å². The van der Waals surface area contributed by atoms with Crippen molar-refractivity contribution in [1.29, 1.82) is 0 Å². The molecule has 0 heterocycles. The van der Waals surface area contributed by atoms with Gasteiger partial charge in [-0.05, 0) is 6.42 Å². The summed E-state index contributed by atoms with van der Waals surface area (Å²) in [5, 5.41) is 2.73. The fourth-order valence-electron chi connectivity index (χ4n) is 2.29. The quantitative estimate of drug-likeness (QED) is 0.247. The molecule has 0 saturated heterocycles. The predicted octanol–water partition coefficient (Wildman–Crippen LogP) is 2.38. The fourth-order valence-corrected chi connectivity index (χ4v) is 2.29. The normalized spacial score (nSPS) is 11.2. The van der Waals surface area contributed by atoms with Gasteiger partial charge in [0.25, 0.3) is 0 Å². The van der Waals surface area contributed by atoms with Crippen LogP contribution in [-0.4, -0.2) is 84.3 Å². The summed E-state index contributed by atoms with van der Waals surface area (Å²) in [7, 11) is 0. The Labute approximate surface area is 182 Å². The van der Waals surface area contributed by atoms with E-state index in [1.807, 2.05) is 13.8 Å². The molecule has 0 rings (SSSR count). The molecule has 0 saturated carbocycles. The zero-order chi connectivity index (χ0) is 22.3. The van der Waals surface area contributed by atoms with E-state index in [4.69, 9.17) is 23.7 Å². The zero-order valence-corrected chi connectivity index (χ0v) is 19.2. The molecule has 0 aromatic carbocycles. The van der Waals surface area contributed by atoms with Crippen molar-refractivity contribution in [3.63, 3.8) is 0 Å². The molecule has 178 valence electrons. The average molecular weight is 434 g/mol. The molecular formula is C22H43NO7. The Morgan fingerprint density at radius 2 is 1.20 bits per heavy atom. The van der Waals surface area contributed by atoms with Gasteiger partial charge in [-0.2, -0.15) is 0 Å². The molecule has 0 unspecified atom stereocenters. The van der Waals surface area contributed by atoms with E-state index in [-0.39, 0.29) is 30.8 Å². The van der Waals surface area contributed by atoms with Gasteiger partial charge in [-0.3, -0.25) is 9.59 Å². The summed E-state index contributed by atoms with van der Waals surface area (Å²) < 4.78 is 26.7. The summed E-state index contributed by atoms with van der Waals surface area (Å²) in [4.78, 5) is 23.0. The molecule has 0 aliphatic carbocycles. The number of amides is 1. The van der Waals surface area contributed by atoms with Crippen LogP contribution in [-0.2, 0) is 33.3 Å². The number of Topliss-reactive ketones (excluding diaryl/α,β-unsaturated/α-hetero) is 1. The Balaban J connectivity index is 3.21. The molecule has 0 bridgehead atoms. The lowest BCUT2D eigenvalue weighted by molar-refractivity contribution is -0.127. The van der Waals surface area contributed by atoms with Gasteiger partial charge in [-0.25, -0.2) is 0 Å². The predicted molar refractivity (Wildman–Crippen MR) is 116 cm³/mol. The van der Waals surface area contributed by atoms with E-state index in [0.717, 1.165) is 13.0 Å². The van der Waals surface area contributed by atoms with Crippen molar-refractivity contribution in [2.75, 3.05) is 72.6 Å². The minimum atomic E-state index is -0.183. The Kier molecular flexibility index (Phi) is 21.8. The lowest BCUT2D eigenvalue weighted by Gasteiger charge is -2.09. The zero-order valence-electron chi connectivity index (χ0n) is 19.2. The van der Waals surface area contributed by atoms with Crippen LogP contribution in [0.2, 0.25) is 0 Å². The summed E-state index contributed by atoms with van der Waals surface area (Å²) in [6, 6.07) is 0. The van der Waals surface area contributed by atoms with Crippen molar-refractivity contribution in [2.24, 2.45) is 5.92 Å². The maximum Gasteiger partial charge on any atom is 0.246 e. The molecular weight excluding hydrogens is 390 g/mol. The SMILES string of the molecule is CCCCCCCOCCOCCNC(=O)COCCOCCOCC(=O)C(C)C. The van der Waals surface area contributed by atoms with Crippen LogP contribution < -0.4 is 5.32 Å². The Hall–Kier alpha value is -1.06. The second-order valence-electron chi connectivity index (χ2n) is 7.33. The molecule has 0 aliphatic rings. The van der Waals surface area contributed by atoms with Crippen molar-refractivity contribution in [1.82, 2.24) is 5.32 Å². The number of ketones is 1. The third-order valence-corrected chi connectivity index (χ3v) is 4.20. The van der Waals surface area contributed by atoms with Gasteiger partial charge >= 0.3 is 0 Å². The van der Waals surface area contributed by atoms with Gasteiger partial charge in [0, 0.05) is 19.1 Å². The summed E-state index contributed by atoms with van der Waals surface area (Å²) in [6.07, 6.45) is 6.17. The van der Waals surface area contributed by atoms with Crippen LogP contribution in [0.1, 0.15) is 52.9 Å². The highest BCUT2D eigenvalue weighted by molar-refractivity contribution is 5.81. The highest BCUT2D eigenvalue weighted by Gasteiger charge is 2.06. The van der Waals surface area contributed by atoms with Crippen LogP contribution in [0, 0.1) is 5.92 Å². The van der Waals surface area contributed by atoms with Crippen molar-refractivity contribution >= 4 is 11.7 Å². The van der Waals surface area contributed by atoms with Crippen LogP contribution in [0.4, 0.5) is 0 Å². The first-order chi connectivity index (χ1) is 14.6. The van der Waals surface area contributed by atoms with Crippen LogP contribution in [0.25, 0.3) is 0 Å². The molecule has 0 aromatic heterocycles. The first kappa shape index (κ1) is 28.9. The molecule has 0 fully saturated rings. The molecule has 30 heavy (non-hydrogen) atoms. The summed E-state index contributed by atoms with van der Waals surface area (Å²) >= 11 is 0. The summed E-state index contributed by atoms with van der Waals surface area (Å²) in [5.41, 5.74) is 0. The topological polar surface area (TPSA) is 92.3 Å². The van der Waals surface area contributed by atoms with Gasteiger partial charge < -0.3 is 29.0 Å². The van der Waals surface area contributed by atoms with E-state index >= 15 is 0 Å². The first-order valence-corrected chi connectivity index (χ1v) is 11.3. The lowest BCUT2D eigenvalue weighted by atomic mass is 10.1. The molecule has 1 amide bonds. The minimum absolute atomic E-state index is 0.0100. The molecule has 0 atom stereocenters. The second-order valence-corrected chi connectivity index (χ2v) is 7.33. The first-order valence-electron chi connectivity index (χ1n) is 11.3. The van der Waals surface area contributed by atoms with Gasteiger partial charge in [0.15, 0.2) is 5.78 Å². The number of ether oxygens (including phenoxy) is 5. The Morgan fingerprint density at radius 1 is 0.667 bits per heavy atom. The van der Waals surface area contributed by atoms with E-state index in [0.29, 0.717) is 52.8 Å². The monoisotopic (exact) mass is 433 g/mol. The van der Waals surface area contributed by atoms with Crippen LogP contribution in [0.3, 0.4) is 0 Å². The van der Waals surface area contributed by atoms with Crippen molar-refractivity contribution in [3.8, 4) is 0 Å². The molecule has 0 radical (unpaired) electrons. The number of hydrogen-bond donors (Lipinski definition) is 1. The van der Waals surface area contributed by atoms with Gasteiger partial charge in [0.05, 0.1) is 46.2 Å². The molecule has 0 spiro atoms. The van der Waals surface area contributed by atoms with Crippen LogP contribution >= 0.6 is 0 Å². The summed E-state index contributed by atoms with van der Waals surface area (Å²) in [6.45, 7) is 10.3. The number of unbranched alkanes of at least 4 members (excludes halogenated alkanes) is 4. The number of hydrogen-bond acceptors (Lipinski definition) is 7. The third-order valence-electron chi connectivity index (χ3n) is 4.20. The van der Waals surface area contributed by atoms with Crippen molar-refractivity contribution in [2.45, 2.75) is 52.9 Å². The van der Waals surface area contributed by atoms with Crippen molar-refractivity contribution in [3.05, 3.63) is 0 Å². The third kappa shape index (κ3) is 21.6. The van der Waals surface area contributed by atoms with Crippen LogP contribution in [0.5, 0.6) is 0 Å². The largest absolute Gasteiger partial charge is 0.379 e. The standard InChI is InChI=1S/C22H43NO7/c1-4-5-6-7-8-10-26-12-13-27-11-9-23-22(25)19-30-17-15-28-14-16-29-18-21(24)20(2)3/h20H,4-19H2,1-3H3,(H,23,25). The lowest BCUT2D eigenvalue weighted by Crippen LogP contribution is -2.31. The average Bonchev–Trinajstić information content (AvgIpc) is 2.73. The number of rotatable bonds is 23. The van der Waals surface area contributed by atoms with Crippen molar-refractivity contribution < 1.29 is 33.3 Å². The molecule has 1 N–H and O–H groups in total. The number of nitrogens with one attached hydrogen (secondary N) is 1. The van der Waals surface area contributed by atoms with Gasteiger partial charge in [-0.15, -0.1) is 0 Å². The molecule has 0 aromatic rings. The van der Waals surface area contributed by atoms with Crippen LogP contribution in [0.15, 0.2) is 0 Å². The highest BCUT2D eigenvalue weighted by atomic mass is 16.5. The second kappa shape index (κ2) is 22.6. The van der Waals surface area contributed by atoms with E-state index in [9.17, 15) is 9.59 Å². The van der Waals surface area contributed by atoms with E-state index in [2.05, 4.69) is 12.2 Å². The molecule has 0 aliphatic heterocycles.